The Kier molecular flexibility index (Phi) is 5.08. The molecule has 0 heterocycles. The minimum atomic E-state index is -0.924. The highest BCUT2D eigenvalue weighted by Crippen LogP contribution is 2.08. The van der Waals surface area contributed by atoms with E-state index in [2.05, 4.69) is 23.5 Å². The van der Waals surface area contributed by atoms with E-state index in [1.54, 1.807) is 6.92 Å². The van der Waals surface area contributed by atoms with Crippen molar-refractivity contribution < 1.29 is 9.53 Å². The van der Waals surface area contributed by atoms with Crippen LogP contribution in [0.25, 0.3) is 0 Å². The maximum Gasteiger partial charge on any atom is 0.326 e. The monoisotopic (exact) mass is 202 g/mol. The fourth-order valence-electron chi connectivity index (χ4n) is 1.28. The van der Waals surface area contributed by atoms with Gasteiger partial charge in [-0.05, 0) is 27.3 Å². The van der Waals surface area contributed by atoms with E-state index in [1.807, 2.05) is 7.05 Å². The highest BCUT2D eigenvalue weighted by Gasteiger charge is 2.31. The van der Waals surface area contributed by atoms with Crippen molar-refractivity contribution in [1.29, 1.82) is 0 Å². The summed E-state index contributed by atoms with van der Waals surface area (Å²) >= 11 is 0. The van der Waals surface area contributed by atoms with Gasteiger partial charge in [-0.15, -0.1) is 0 Å². The second-order valence-electron chi connectivity index (χ2n) is 4.08. The second kappa shape index (κ2) is 5.32. The summed E-state index contributed by atoms with van der Waals surface area (Å²) in [7, 11) is 3.32. The van der Waals surface area contributed by atoms with Crippen LogP contribution in [0.5, 0.6) is 0 Å². The number of esters is 1. The first-order valence-electron chi connectivity index (χ1n) is 4.92. The lowest BCUT2D eigenvalue weighted by atomic mass is 10.0. The van der Waals surface area contributed by atoms with E-state index in [-0.39, 0.29) is 5.97 Å². The standard InChI is InChI=1S/C10H22N2O2/c1-6-8(2)12(4)7-10(3,11)9(13)14-5/h8H,6-7,11H2,1-5H3. The zero-order chi connectivity index (χ0) is 11.4. The second-order valence-corrected chi connectivity index (χ2v) is 4.08. The van der Waals surface area contributed by atoms with E-state index < -0.39 is 5.54 Å². The first-order chi connectivity index (χ1) is 6.35. The van der Waals surface area contributed by atoms with Gasteiger partial charge in [-0.1, -0.05) is 6.92 Å². The Bertz CT molecular complexity index is 193. The Hall–Kier alpha value is -0.610. The molecule has 0 spiro atoms. The number of rotatable bonds is 5. The summed E-state index contributed by atoms with van der Waals surface area (Å²) in [4.78, 5) is 13.4. The smallest absolute Gasteiger partial charge is 0.326 e. The van der Waals surface area contributed by atoms with Crippen molar-refractivity contribution in [2.45, 2.75) is 38.8 Å². The number of carbonyl (C=O) groups is 1. The molecule has 2 N–H and O–H groups in total. The van der Waals surface area contributed by atoms with Gasteiger partial charge in [0.1, 0.15) is 5.54 Å². The molecule has 0 aliphatic carbocycles. The van der Waals surface area contributed by atoms with Crippen LogP contribution in [0.3, 0.4) is 0 Å². The highest BCUT2D eigenvalue weighted by molar-refractivity contribution is 5.80. The zero-order valence-corrected chi connectivity index (χ0v) is 9.83. The molecule has 4 nitrogen and oxygen atoms in total. The van der Waals surface area contributed by atoms with Crippen molar-refractivity contribution in [3.8, 4) is 0 Å². The Balaban J connectivity index is 4.28. The van der Waals surface area contributed by atoms with Crippen LogP contribution in [0.1, 0.15) is 27.2 Å². The number of ether oxygens (including phenoxy) is 1. The summed E-state index contributed by atoms with van der Waals surface area (Å²) in [5, 5.41) is 0. The first-order valence-corrected chi connectivity index (χ1v) is 4.92. The highest BCUT2D eigenvalue weighted by atomic mass is 16.5. The topological polar surface area (TPSA) is 55.6 Å². The van der Waals surface area contributed by atoms with Crippen LogP contribution in [0.2, 0.25) is 0 Å². The van der Waals surface area contributed by atoms with E-state index in [4.69, 9.17) is 5.73 Å². The molecule has 0 aromatic rings. The van der Waals surface area contributed by atoms with Gasteiger partial charge in [0, 0.05) is 12.6 Å². The molecule has 84 valence electrons. The molecule has 0 aromatic carbocycles. The van der Waals surface area contributed by atoms with Crippen LogP contribution in [0.4, 0.5) is 0 Å². The van der Waals surface area contributed by atoms with Crippen LogP contribution < -0.4 is 5.73 Å². The molecule has 4 heteroatoms. The number of hydrogen-bond acceptors (Lipinski definition) is 4. The number of carbonyl (C=O) groups excluding carboxylic acids is 1. The largest absolute Gasteiger partial charge is 0.468 e. The Labute approximate surface area is 86.4 Å². The number of nitrogens with zero attached hydrogens (tertiary/aromatic N) is 1. The molecule has 0 aromatic heterocycles. The lowest BCUT2D eigenvalue weighted by molar-refractivity contribution is -0.147. The fourth-order valence-corrected chi connectivity index (χ4v) is 1.28. The molecular weight excluding hydrogens is 180 g/mol. The number of likely N-dealkylation sites (N-methyl/N-ethyl adjacent to an activating group) is 1. The summed E-state index contributed by atoms with van der Waals surface area (Å²) in [5.41, 5.74) is 4.92. The van der Waals surface area contributed by atoms with Crippen molar-refractivity contribution in [2.75, 3.05) is 20.7 Å². The van der Waals surface area contributed by atoms with Crippen molar-refractivity contribution >= 4 is 5.97 Å². The van der Waals surface area contributed by atoms with Crippen molar-refractivity contribution in [2.24, 2.45) is 5.73 Å². The van der Waals surface area contributed by atoms with Crippen molar-refractivity contribution in [3.05, 3.63) is 0 Å². The number of hydrogen-bond donors (Lipinski definition) is 1. The molecule has 0 saturated heterocycles. The van der Waals surface area contributed by atoms with Crippen LogP contribution in [-0.2, 0) is 9.53 Å². The van der Waals surface area contributed by atoms with Crippen LogP contribution in [-0.4, -0.2) is 43.2 Å². The molecule has 0 aliphatic rings. The van der Waals surface area contributed by atoms with Crippen LogP contribution >= 0.6 is 0 Å². The maximum absolute atomic E-state index is 11.3. The average Bonchev–Trinajstić information content (AvgIpc) is 2.14. The minimum absolute atomic E-state index is 0.368. The van der Waals surface area contributed by atoms with Gasteiger partial charge < -0.3 is 15.4 Å². The maximum atomic E-state index is 11.3. The molecule has 0 radical (unpaired) electrons. The van der Waals surface area contributed by atoms with Gasteiger partial charge in [0.15, 0.2) is 0 Å². The summed E-state index contributed by atoms with van der Waals surface area (Å²) in [5.74, 6) is -0.368. The normalized spacial score (nSPS) is 17.6. The third-order valence-corrected chi connectivity index (χ3v) is 2.57. The van der Waals surface area contributed by atoms with E-state index in [0.717, 1.165) is 6.42 Å². The SMILES string of the molecule is CCC(C)N(C)CC(C)(N)C(=O)OC. The van der Waals surface area contributed by atoms with Gasteiger partial charge >= 0.3 is 5.97 Å². The molecule has 0 amide bonds. The van der Waals surface area contributed by atoms with Gasteiger partial charge in [-0.2, -0.15) is 0 Å². The molecular formula is C10H22N2O2. The van der Waals surface area contributed by atoms with Crippen LogP contribution in [0, 0.1) is 0 Å². The van der Waals surface area contributed by atoms with Crippen LogP contribution in [0.15, 0.2) is 0 Å². The third kappa shape index (κ3) is 3.64. The Morgan fingerprint density at radius 2 is 2.14 bits per heavy atom. The van der Waals surface area contributed by atoms with Crippen molar-refractivity contribution in [3.63, 3.8) is 0 Å². The molecule has 0 saturated carbocycles. The van der Waals surface area contributed by atoms with E-state index >= 15 is 0 Å². The van der Waals surface area contributed by atoms with Gasteiger partial charge in [-0.3, -0.25) is 4.79 Å². The lowest BCUT2D eigenvalue weighted by Gasteiger charge is -2.31. The molecule has 2 atom stereocenters. The molecule has 0 fully saturated rings. The predicted octanol–water partition coefficient (Wildman–Crippen LogP) is 0.607. The van der Waals surface area contributed by atoms with E-state index in [9.17, 15) is 4.79 Å². The predicted molar refractivity (Wildman–Crippen MR) is 57.0 cm³/mol. The Morgan fingerprint density at radius 1 is 1.64 bits per heavy atom. The van der Waals surface area contributed by atoms with Crippen molar-refractivity contribution in [1.82, 2.24) is 4.90 Å². The van der Waals surface area contributed by atoms with Gasteiger partial charge in [0.05, 0.1) is 7.11 Å². The third-order valence-electron chi connectivity index (χ3n) is 2.57. The number of methoxy groups -OCH3 is 1. The summed E-state index contributed by atoms with van der Waals surface area (Å²) in [6.45, 7) is 6.41. The van der Waals surface area contributed by atoms with E-state index in [1.165, 1.54) is 7.11 Å². The first kappa shape index (κ1) is 13.4. The Morgan fingerprint density at radius 3 is 2.50 bits per heavy atom. The quantitative estimate of drug-likeness (QED) is 0.664. The fraction of sp³-hybridized carbons (Fsp3) is 0.900. The molecule has 0 bridgehead atoms. The summed E-state index contributed by atoms with van der Waals surface area (Å²) in [6, 6.07) is 0.419. The van der Waals surface area contributed by atoms with E-state index in [0.29, 0.717) is 12.6 Å². The molecule has 0 aliphatic heterocycles. The molecule has 0 rings (SSSR count). The zero-order valence-electron chi connectivity index (χ0n) is 9.83. The lowest BCUT2D eigenvalue weighted by Crippen LogP contribution is -2.54. The summed E-state index contributed by atoms with van der Waals surface area (Å²) < 4.78 is 4.64. The van der Waals surface area contributed by atoms with Gasteiger partial charge in [-0.25, -0.2) is 0 Å². The summed E-state index contributed by atoms with van der Waals surface area (Å²) in [6.07, 6.45) is 1.04. The molecule has 14 heavy (non-hydrogen) atoms. The minimum Gasteiger partial charge on any atom is -0.468 e. The van der Waals surface area contributed by atoms with Gasteiger partial charge in [0.25, 0.3) is 0 Å². The van der Waals surface area contributed by atoms with Gasteiger partial charge in [0.2, 0.25) is 0 Å². The number of nitrogens with two attached hydrogens (primary N) is 1. The average molecular weight is 202 g/mol. The molecule has 2 unspecified atom stereocenters.